The first-order valence-electron chi connectivity index (χ1n) is 3.98. The van der Waals surface area contributed by atoms with Crippen molar-refractivity contribution >= 4 is 5.97 Å². The Hall–Kier alpha value is -0.830. The summed E-state index contributed by atoms with van der Waals surface area (Å²) in [5, 5.41) is 11.7. The van der Waals surface area contributed by atoms with Gasteiger partial charge in [-0.25, -0.2) is 4.79 Å². The van der Waals surface area contributed by atoms with E-state index in [-0.39, 0.29) is 5.54 Å². The molecule has 0 aliphatic heterocycles. The molecule has 0 unspecified atom stereocenters. The largest absolute Gasteiger partial charge is 0.478 e. The molecule has 2 N–H and O–H groups in total. The maximum absolute atomic E-state index is 10.4. The molecule has 0 aromatic heterocycles. The van der Waals surface area contributed by atoms with E-state index in [1.165, 1.54) is 0 Å². The molecular formula is C9H17NO2. The third-order valence-electron chi connectivity index (χ3n) is 1.93. The molecule has 0 aliphatic rings. The van der Waals surface area contributed by atoms with Crippen LogP contribution in [0.4, 0.5) is 0 Å². The summed E-state index contributed by atoms with van der Waals surface area (Å²) in [4.78, 5) is 10.4. The average Bonchev–Trinajstić information content (AvgIpc) is 2.00. The van der Waals surface area contributed by atoms with Gasteiger partial charge in [0.1, 0.15) is 0 Å². The highest BCUT2D eigenvalue weighted by atomic mass is 16.4. The summed E-state index contributed by atoms with van der Waals surface area (Å²) >= 11 is 0. The number of rotatable bonds is 4. The lowest BCUT2D eigenvalue weighted by Gasteiger charge is -2.21. The van der Waals surface area contributed by atoms with E-state index < -0.39 is 5.97 Å². The lowest BCUT2D eigenvalue weighted by molar-refractivity contribution is -0.132. The van der Waals surface area contributed by atoms with Crippen LogP contribution in [0.25, 0.3) is 0 Å². The predicted octanol–water partition coefficient (Wildman–Crippen LogP) is 1.41. The summed E-state index contributed by atoms with van der Waals surface area (Å²) in [5.41, 5.74) is 0.370. The highest BCUT2D eigenvalue weighted by Crippen LogP contribution is 2.09. The Balaban J connectivity index is 4.13. The van der Waals surface area contributed by atoms with E-state index in [1.807, 2.05) is 20.9 Å². The van der Waals surface area contributed by atoms with Crippen LogP contribution in [0, 0.1) is 0 Å². The van der Waals surface area contributed by atoms with Gasteiger partial charge in [-0.3, -0.25) is 0 Å². The summed E-state index contributed by atoms with van der Waals surface area (Å²) in [6, 6.07) is 0. The number of carboxylic acids is 1. The van der Waals surface area contributed by atoms with Crippen LogP contribution in [0.2, 0.25) is 0 Å². The third kappa shape index (κ3) is 4.13. The third-order valence-corrected chi connectivity index (χ3v) is 1.93. The first-order chi connectivity index (χ1) is 5.39. The molecule has 12 heavy (non-hydrogen) atoms. The van der Waals surface area contributed by atoms with Crippen molar-refractivity contribution in [2.45, 2.75) is 32.7 Å². The molecule has 0 saturated heterocycles. The Morgan fingerprint density at radius 3 is 2.42 bits per heavy atom. The molecule has 70 valence electrons. The lowest BCUT2D eigenvalue weighted by Crippen LogP contribution is -2.35. The van der Waals surface area contributed by atoms with Crippen LogP contribution in [-0.2, 0) is 4.79 Å². The number of hydrogen-bond donors (Lipinski definition) is 2. The van der Waals surface area contributed by atoms with Gasteiger partial charge in [-0.2, -0.15) is 0 Å². The average molecular weight is 171 g/mol. The van der Waals surface area contributed by atoms with Gasteiger partial charge in [0.25, 0.3) is 0 Å². The molecule has 0 aliphatic carbocycles. The number of aliphatic carboxylic acids is 1. The quantitative estimate of drug-likeness (QED) is 0.629. The Morgan fingerprint density at radius 1 is 1.58 bits per heavy atom. The predicted molar refractivity (Wildman–Crippen MR) is 49.1 cm³/mol. The van der Waals surface area contributed by atoms with Crippen LogP contribution in [0.15, 0.2) is 11.6 Å². The highest BCUT2D eigenvalue weighted by Gasteiger charge is 2.12. The van der Waals surface area contributed by atoms with Crippen LogP contribution in [0.5, 0.6) is 0 Å². The molecule has 0 aromatic rings. The Kier molecular flexibility index (Phi) is 3.96. The van der Waals surface area contributed by atoms with Gasteiger partial charge in [0, 0.05) is 11.1 Å². The Labute approximate surface area is 73.5 Å². The van der Waals surface area contributed by atoms with Gasteiger partial charge < -0.3 is 10.4 Å². The molecule has 0 bridgehead atoms. The zero-order valence-corrected chi connectivity index (χ0v) is 8.14. The summed E-state index contributed by atoms with van der Waals surface area (Å²) in [6.45, 7) is 5.66. The molecule has 0 rings (SSSR count). The van der Waals surface area contributed by atoms with Gasteiger partial charge in [0.05, 0.1) is 0 Å². The van der Waals surface area contributed by atoms with Crippen molar-refractivity contribution in [3.05, 3.63) is 11.6 Å². The SMILES string of the molecule is CNC(C)(C)C/C=C(\C)C(=O)O. The van der Waals surface area contributed by atoms with Gasteiger partial charge in [-0.15, -0.1) is 0 Å². The van der Waals surface area contributed by atoms with Gasteiger partial charge in [0.2, 0.25) is 0 Å². The van der Waals surface area contributed by atoms with E-state index in [4.69, 9.17) is 5.11 Å². The summed E-state index contributed by atoms with van der Waals surface area (Å²) < 4.78 is 0. The molecule has 0 heterocycles. The van der Waals surface area contributed by atoms with Crippen molar-refractivity contribution < 1.29 is 9.90 Å². The molecule has 0 atom stereocenters. The van der Waals surface area contributed by atoms with Gasteiger partial charge in [-0.05, 0) is 34.2 Å². The van der Waals surface area contributed by atoms with Crippen molar-refractivity contribution in [2.75, 3.05) is 7.05 Å². The van der Waals surface area contributed by atoms with Crippen molar-refractivity contribution in [3.8, 4) is 0 Å². The molecule has 3 heteroatoms. The maximum atomic E-state index is 10.4. The zero-order chi connectivity index (χ0) is 9.78. The maximum Gasteiger partial charge on any atom is 0.330 e. The fourth-order valence-electron chi connectivity index (χ4n) is 0.598. The van der Waals surface area contributed by atoms with Crippen LogP contribution in [0.3, 0.4) is 0 Å². The molecule has 0 spiro atoms. The molecule has 0 saturated carbocycles. The summed E-state index contributed by atoms with van der Waals surface area (Å²) in [5.74, 6) is -0.845. The standard InChI is InChI=1S/C9H17NO2/c1-7(8(11)12)5-6-9(2,3)10-4/h5,10H,6H2,1-4H3,(H,11,12)/b7-5+. The molecule has 3 nitrogen and oxygen atoms in total. The van der Waals surface area contributed by atoms with E-state index in [1.54, 1.807) is 13.0 Å². The Morgan fingerprint density at radius 2 is 2.08 bits per heavy atom. The van der Waals surface area contributed by atoms with Crippen molar-refractivity contribution in [2.24, 2.45) is 0 Å². The molecular weight excluding hydrogens is 154 g/mol. The summed E-state index contributed by atoms with van der Waals surface area (Å²) in [7, 11) is 1.87. The second-order valence-corrected chi connectivity index (χ2v) is 3.53. The topological polar surface area (TPSA) is 49.3 Å². The molecule has 0 aromatic carbocycles. The van der Waals surface area contributed by atoms with Crippen molar-refractivity contribution in [3.63, 3.8) is 0 Å². The van der Waals surface area contributed by atoms with Gasteiger partial charge in [0.15, 0.2) is 0 Å². The first-order valence-corrected chi connectivity index (χ1v) is 3.98. The van der Waals surface area contributed by atoms with Crippen molar-refractivity contribution in [1.82, 2.24) is 5.32 Å². The minimum atomic E-state index is -0.845. The first kappa shape index (κ1) is 11.2. The fourth-order valence-corrected chi connectivity index (χ4v) is 0.598. The monoisotopic (exact) mass is 171 g/mol. The minimum absolute atomic E-state index is 0.0310. The zero-order valence-electron chi connectivity index (χ0n) is 8.14. The van der Waals surface area contributed by atoms with Crippen LogP contribution in [0.1, 0.15) is 27.2 Å². The van der Waals surface area contributed by atoms with Crippen LogP contribution in [-0.4, -0.2) is 23.7 Å². The van der Waals surface area contributed by atoms with E-state index in [2.05, 4.69) is 5.32 Å². The fraction of sp³-hybridized carbons (Fsp3) is 0.667. The smallest absolute Gasteiger partial charge is 0.330 e. The minimum Gasteiger partial charge on any atom is -0.478 e. The number of hydrogen-bond acceptors (Lipinski definition) is 2. The molecule has 0 amide bonds. The molecule has 0 fully saturated rings. The summed E-state index contributed by atoms with van der Waals surface area (Å²) in [6.07, 6.45) is 2.46. The molecule has 0 radical (unpaired) electrons. The normalized spacial score (nSPS) is 13.2. The number of carbonyl (C=O) groups is 1. The number of nitrogens with one attached hydrogen (secondary N) is 1. The van der Waals surface area contributed by atoms with E-state index in [9.17, 15) is 4.79 Å². The lowest BCUT2D eigenvalue weighted by atomic mass is 9.99. The van der Waals surface area contributed by atoms with E-state index in [0.29, 0.717) is 5.57 Å². The van der Waals surface area contributed by atoms with Crippen LogP contribution >= 0.6 is 0 Å². The van der Waals surface area contributed by atoms with Crippen molar-refractivity contribution in [1.29, 1.82) is 0 Å². The second kappa shape index (κ2) is 4.26. The highest BCUT2D eigenvalue weighted by molar-refractivity contribution is 5.85. The Bertz CT molecular complexity index is 195. The second-order valence-electron chi connectivity index (χ2n) is 3.53. The van der Waals surface area contributed by atoms with E-state index in [0.717, 1.165) is 6.42 Å². The number of carboxylic acid groups (broad SMARTS) is 1. The van der Waals surface area contributed by atoms with Crippen LogP contribution < -0.4 is 5.32 Å². The van der Waals surface area contributed by atoms with E-state index >= 15 is 0 Å². The van der Waals surface area contributed by atoms with Gasteiger partial charge in [-0.1, -0.05) is 6.08 Å². The van der Waals surface area contributed by atoms with Gasteiger partial charge >= 0.3 is 5.97 Å².